The summed E-state index contributed by atoms with van der Waals surface area (Å²) in [6.45, 7) is 6.29. The highest BCUT2D eigenvalue weighted by Crippen LogP contribution is 2.14. The molecular formula is C19H26N2O3. The minimum absolute atomic E-state index is 0.101. The Labute approximate surface area is 143 Å². The quantitative estimate of drug-likeness (QED) is 0.752. The number of hydrogen-bond donors (Lipinski definition) is 0. The summed E-state index contributed by atoms with van der Waals surface area (Å²) in [4.78, 5) is 28.4. The van der Waals surface area contributed by atoms with E-state index < -0.39 is 0 Å². The van der Waals surface area contributed by atoms with Crippen molar-refractivity contribution in [3.05, 3.63) is 42.5 Å². The molecular weight excluding hydrogens is 304 g/mol. The summed E-state index contributed by atoms with van der Waals surface area (Å²) in [5.41, 5.74) is 0.947. The molecule has 0 aromatic heterocycles. The van der Waals surface area contributed by atoms with Crippen molar-refractivity contribution in [2.45, 2.75) is 25.7 Å². The van der Waals surface area contributed by atoms with Crippen molar-refractivity contribution >= 4 is 11.8 Å². The highest BCUT2D eigenvalue weighted by Gasteiger charge is 2.21. The van der Waals surface area contributed by atoms with Gasteiger partial charge < -0.3 is 14.5 Å². The molecule has 0 atom stereocenters. The first-order valence-corrected chi connectivity index (χ1v) is 8.43. The van der Waals surface area contributed by atoms with Crippen molar-refractivity contribution in [1.29, 1.82) is 0 Å². The van der Waals surface area contributed by atoms with Crippen LogP contribution in [0.2, 0.25) is 0 Å². The maximum Gasteiger partial charge on any atom is 0.227 e. The lowest BCUT2D eigenvalue weighted by Gasteiger charge is -2.22. The van der Waals surface area contributed by atoms with Crippen LogP contribution in [-0.4, -0.2) is 54.9 Å². The van der Waals surface area contributed by atoms with Gasteiger partial charge >= 0.3 is 0 Å². The molecule has 24 heavy (non-hydrogen) atoms. The molecule has 0 bridgehead atoms. The van der Waals surface area contributed by atoms with E-state index in [1.54, 1.807) is 13.2 Å². The minimum atomic E-state index is 0.101. The van der Waals surface area contributed by atoms with Crippen molar-refractivity contribution in [2.75, 3.05) is 33.3 Å². The van der Waals surface area contributed by atoms with Gasteiger partial charge in [-0.15, -0.1) is 6.58 Å². The zero-order chi connectivity index (χ0) is 17.4. The molecule has 0 unspecified atom stereocenters. The van der Waals surface area contributed by atoms with Crippen LogP contribution < -0.4 is 4.74 Å². The topological polar surface area (TPSA) is 49.9 Å². The van der Waals surface area contributed by atoms with Gasteiger partial charge in [0.1, 0.15) is 5.75 Å². The number of amides is 2. The van der Waals surface area contributed by atoms with Crippen LogP contribution in [0, 0.1) is 0 Å². The molecule has 1 aliphatic heterocycles. The van der Waals surface area contributed by atoms with Crippen molar-refractivity contribution in [1.82, 2.24) is 9.80 Å². The highest BCUT2D eigenvalue weighted by atomic mass is 16.5. The SMILES string of the molecule is C=CCCC(=O)N1CCCN(C(=O)Cc2cccc(OC)c2)CC1. The van der Waals surface area contributed by atoms with Gasteiger partial charge in [-0.25, -0.2) is 0 Å². The van der Waals surface area contributed by atoms with Crippen molar-refractivity contribution in [3.8, 4) is 5.75 Å². The first kappa shape index (κ1) is 18.0. The van der Waals surface area contributed by atoms with Crippen LogP contribution in [0.25, 0.3) is 0 Å². The zero-order valence-corrected chi connectivity index (χ0v) is 14.4. The number of nitrogens with zero attached hydrogens (tertiary/aromatic N) is 2. The number of rotatable bonds is 6. The summed E-state index contributed by atoms with van der Waals surface area (Å²) in [6.07, 6.45) is 4.15. The highest BCUT2D eigenvalue weighted by molar-refractivity contribution is 5.79. The van der Waals surface area contributed by atoms with Gasteiger partial charge in [-0.1, -0.05) is 18.2 Å². The standard InChI is InChI=1S/C19H26N2O3/c1-3-4-9-18(22)20-10-6-11-21(13-12-20)19(23)15-16-7-5-8-17(14-16)24-2/h3,5,7-8,14H,1,4,6,9-13,15H2,2H3. The van der Waals surface area contributed by atoms with E-state index in [4.69, 9.17) is 4.74 Å². The Kier molecular flexibility index (Phi) is 6.85. The maximum absolute atomic E-state index is 12.5. The fraction of sp³-hybridized carbons (Fsp3) is 0.474. The molecule has 2 amide bonds. The third-order valence-corrected chi connectivity index (χ3v) is 4.25. The molecule has 2 rings (SSSR count). The predicted octanol–water partition coefficient (Wildman–Crippen LogP) is 2.26. The van der Waals surface area contributed by atoms with E-state index in [0.717, 1.165) is 24.3 Å². The molecule has 1 heterocycles. The maximum atomic E-state index is 12.5. The van der Waals surface area contributed by atoms with Crippen LogP contribution in [0.15, 0.2) is 36.9 Å². The van der Waals surface area contributed by atoms with Crippen molar-refractivity contribution < 1.29 is 14.3 Å². The van der Waals surface area contributed by atoms with E-state index in [-0.39, 0.29) is 11.8 Å². The molecule has 130 valence electrons. The Bertz CT molecular complexity index is 586. The second-order valence-electron chi connectivity index (χ2n) is 5.97. The number of benzene rings is 1. The van der Waals surface area contributed by atoms with Gasteiger partial charge in [-0.3, -0.25) is 9.59 Å². The molecule has 0 radical (unpaired) electrons. The number of allylic oxidation sites excluding steroid dienone is 1. The molecule has 1 saturated heterocycles. The van der Waals surface area contributed by atoms with Gasteiger partial charge in [0.25, 0.3) is 0 Å². The normalized spacial score (nSPS) is 14.9. The molecule has 1 aliphatic rings. The van der Waals surface area contributed by atoms with Crippen LogP contribution >= 0.6 is 0 Å². The second-order valence-corrected chi connectivity index (χ2v) is 5.97. The first-order chi connectivity index (χ1) is 11.6. The Morgan fingerprint density at radius 1 is 1.17 bits per heavy atom. The lowest BCUT2D eigenvalue weighted by molar-refractivity contribution is -0.133. The van der Waals surface area contributed by atoms with E-state index >= 15 is 0 Å². The third kappa shape index (κ3) is 5.11. The van der Waals surface area contributed by atoms with Crippen LogP contribution in [0.1, 0.15) is 24.8 Å². The van der Waals surface area contributed by atoms with E-state index in [0.29, 0.717) is 38.9 Å². The summed E-state index contributed by atoms with van der Waals surface area (Å²) in [6, 6.07) is 7.58. The molecule has 0 N–H and O–H groups in total. The number of hydrogen-bond acceptors (Lipinski definition) is 3. The van der Waals surface area contributed by atoms with Gasteiger partial charge in [0.05, 0.1) is 13.5 Å². The third-order valence-electron chi connectivity index (χ3n) is 4.25. The second kappa shape index (κ2) is 9.11. The van der Waals surface area contributed by atoms with Crippen LogP contribution in [0.3, 0.4) is 0 Å². The lowest BCUT2D eigenvalue weighted by Crippen LogP contribution is -2.37. The summed E-state index contributed by atoms with van der Waals surface area (Å²) in [5, 5.41) is 0. The van der Waals surface area contributed by atoms with E-state index in [1.165, 1.54) is 0 Å². The first-order valence-electron chi connectivity index (χ1n) is 8.43. The van der Waals surface area contributed by atoms with Crippen LogP contribution in [-0.2, 0) is 16.0 Å². The average molecular weight is 330 g/mol. The molecule has 5 nitrogen and oxygen atoms in total. The summed E-state index contributed by atoms with van der Waals surface area (Å²) >= 11 is 0. The summed E-state index contributed by atoms with van der Waals surface area (Å²) < 4.78 is 5.20. The fourth-order valence-electron chi connectivity index (χ4n) is 2.87. The molecule has 1 aromatic carbocycles. The van der Waals surface area contributed by atoms with Crippen LogP contribution in [0.4, 0.5) is 0 Å². The van der Waals surface area contributed by atoms with Gasteiger partial charge in [0, 0.05) is 32.6 Å². The van der Waals surface area contributed by atoms with Crippen molar-refractivity contribution in [3.63, 3.8) is 0 Å². The predicted molar refractivity (Wildman–Crippen MR) is 93.9 cm³/mol. The average Bonchev–Trinajstić information content (AvgIpc) is 2.86. The Hall–Kier alpha value is -2.30. The fourth-order valence-corrected chi connectivity index (χ4v) is 2.87. The largest absolute Gasteiger partial charge is 0.497 e. The summed E-state index contributed by atoms with van der Waals surface area (Å²) in [7, 11) is 1.62. The van der Waals surface area contributed by atoms with Crippen molar-refractivity contribution in [2.24, 2.45) is 0 Å². The molecule has 1 fully saturated rings. The van der Waals surface area contributed by atoms with E-state index in [9.17, 15) is 9.59 Å². The monoisotopic (exact) mass is 330 g/mol. The van der Waals surface area contributed by atoms with Crippen LogP contribution in [0.5, 0.6) is 5.75 Å². The van der Waals surface area contributed by atoms with E-state index in [2.05, 4.69) is 6.58 Å². The zero-order valence-electron chi connectivity index (χ0n) is 14.4. The molecule has 5 heteroatoms. The van der Waals surface area contributed by atoms with Gasteiger partial charge in [0.15, 0.2) is 0 Å². The summed E-state index contributed by atoms with van der Waals surface area (Å²) in [5.74, 6) is 1.01. The smallest absolute Gasteiger partial charge is 0.227 e. The van der Waals surface area contributed by atoms with Gasteiger partial charge in [-0.2, -0.15) is 0 Å². The number of carbonyl (C=O) groups is 2. The minimum Gasteiger partial charge on any atom is -0.497 e. The number of methoxy groups -OCH3 is 1. The number of ether oxygens (including phenoxy) is 1. The molecule has 1 aromatic rings. The lowest BCUT2D eigenvalue weighted by atomic mass is 10.1. The Morgan fingerprint density at radius 2 is 1.88 bits per heavy atom. The van der Waals surface area contributed by atoms with E-state index in [1.807, 2.05) is 34.1 Å². The molecule has 0 aliphatic carbocycles. The Morgan fingerprint density at radius 3 is 2.54 bits per heavy atom. The number of carbonyl (C=O) groups excluding carboxylic acids is 2. The molecule has 0 spiro atoms. The van der Waals surface area contributed by atoms with Gasteiger partial charge in [-0.05, 0) is 30.5 Å². The molecule has 0 saturated carbocycles. The Balaban J connectivity index is 1.89. The van der Waals surface area contributed by atoms with Gasteiger partial charge in [0.2, 0.25) is 11.8 Å².